The molecule has 2 aromatic carbocycles. The minimum absolute atomic E-state index is 0.0951. The minimum atomic E-state index is -1.21. The highest BCUT2D eigenvalue weighted by Gasteiger charge is 2.36. The van der Waals surface area contributed by atoms with Crippen LogP contribution in [0.2, 0.25) is 0 Å². The Morgan fingerprint density at radius 1 is 1.03 bits per heavy atom. The number of aliphatic hydroxyl groups excluding tert-OH is 2. The smallest absolute Gasteiger partial charge is 0.407 e. The quantitative estimate of drug-likeness (QED) is 0.570. The molecule has 0 spiro atoms. The lowest BCUT2D eigenvalue weighted by Crippen LogP contribution is -2.51. The van der Waals surface area contributed by atoms with Gasteiger partial charge in [-0.15, -0.1) is 0 Å². The molecule has 0 heterocycles. The van der Waals surface area contributed by atoms with Crippen molar-refractivity contribution in [3.05, 3.63) is 59.7 Å². The summed E-state index contributed by atoms with van der Waals surface area (Å²) in [6.07, 6.45) is -2.00. The van der Waals surface area contributed by atoms with Crippen molar-refractivity contribution in [3.8, 4) is 11.1 Å². The molecule has 7 nitrogen and oxygen atoms in total. The third-order valence-electron chi connectivity index (χ3n) is 5.60. The minimum Gasteiger partial charge on any atom is -0.458 e. The maximum Gasteiger partial charge on any atom is 0.407 e. The van der Waals surface area contributed by atoms with Crippen molar-refractivity contribution < 1.29 is 29.3 Å². The van der Waals surface area contributed by atoms with Gasteiger partial charge in [0.2, 0.25) is 0 Å². The molecule has 1 aliphatic carbocycles. The molecule has 32 heavy (non-hydrogen) atoms. The Morgan fingerprint density at radius 2 is 1.56 bits per heavy atom. The van der Waals surface area contributed by atoms with Crippen LogP contribution in [0.1, 0.15) is 44.7 Å². The van der Waals surface area contributed by atoms with E-state index < -0.39 is 42.3 Å². The number of ether oxygens (including phenoxy) is 2. The zero-order valence-electron chi connectivity index (χ0n) is 18.9. The molecule has 0 radical (unpaired) electrons. The number of carbonyl (C=O) groups excluding carboxylic acids is 2. The van der Waals surface area contributed by atoms with Gasteiger partial charge >= 0.3 is 12.1 Å². The molecule has 1 amide bonds. The van der Waals surface area contributed by atoms with E-state index in [1.54, 1.807) is 27.7 Å². The van der Waals surface area contributed by atoms with Crippen molar-refractivity contribution >= 4 is 12.1 Å². The highest BCUT2D eigenvalue weighted by molar-refractivity contribution is 5.82. The molecule has 0 aromatic heterocycles. The van der Waals surface area contributed by atoms with Crippen LogP contribution in [0.3, 0.4) is 0 Å². The Kier molecular flexibility index (Phi) is 7.21. The van der Waals surface area contributed by atoms with Gasteiger partial charge in [-0.3, -0.25) is 0 Å². The van der Waals surface area contributed by atoms with Gasteiger partial charge in [0.15, 0.2) is 0 Å². The van der Waals surface area contributed by atoms with Crippen LogP contribution in [0.5, 0.6) is 0 Å². The Bertz CT molecular complexity index is 921. The number of hydrogen-bond acceptors (Lipinski definition) is 6. The van der Waals surface area contributed by atoms with Gasteiger partial charge in [0.05, 0.1) is 12.7 Å². The summed E-state index contributed by atoms with van der Waals surface area (Å²) in [5.41, 5.74) is 3.61. The molecule has 0 fully saturated rings. The first-order valence-electron chi connectivity index (χ1n) is 10.8. The third kappa shape index (κ3) is 5.29. The van der Waals surface area contributed by atoms with Crippen LogP contribution in [-0.4, -0.2) is 53.2 Å². The Labute approximate surface area is 188 Å². The predicted octanol–water partition coefficient (Wildman–Crippen LogP) is 3.22. The van der Waals surface area contributed by atoms with Gasteiger partial charge in [-0.1, -0.05) is 55.5 Å². The van der Waals surface area contributed by atoms with Gasteiger partial charge < -0.3 is 25.0 Å². The maximum atomic E-state index is 12.7. The Morgan fingerprint density at radius 3 is 2.06 bits per heavy atom. The number of benzene rings is 2. The molecule has 0 saturated heterocycles. The number of fused-ring (bicyclic) bond motifs is 3. The molecular weight excluding hydrogens is 410 g/mol. The first-order chi connectivity index (χ1) is 15.1. The lowest BCUT2D eigenvalue weighted by atomic mass is 9.96. The number of amides is 1. The van der Waals surface area contributed by atoms with Crippen LogP contribution in [0.4, 0.5) is 4.79 Å². The van der Waals surface area contributed by atoms with Crippen molar-refractivity contribution in [3.63, 3.8) is 0 Å². The van der Waals surface area contributed by atoms with Gasteiger partial charge in [0.1, 0.15) is 18.2 Å². The molecule has 3 atom stereocenters. The second-order valence-corrected chi connectivity index (χ2v) is 9.09. The fourth-order valence-electron chi connectivity index (χ4n) is 3.93. The molecule has 3 rings (SSSR count). The zero-order valence-corrected chi connectivity index (χ0v) is 18.9. The van der Waals surface area contributed by atoms with Gasteiger partial charge in [-0.05, 0) is 43.0 Å². The van der Waals surface area contributed by atoms with E-state index in [9.17, 15) is 19.8 Å². The summed E-state index contributed by atoms with van der Waals surface area (Å²) in [6.45, 7) is 6.23. The molecule has 0 bridgehead atoms. The van der Waals surface area contributed by atoms with Crippen LogP contribution < -0.4 is 5.32 Å². The van der Waals surface area contributed by atoms with Crippen molar-refractivity contribution in [1.29, 1.82) is 0 Å². The van der Waals surface area contributed by atoms with Gasteiger partial charge in [0, 0.05) is 11.8 Å². The molecule has 3 N–H and O–H groups in total. The van der Waals surface area contributed by atoms with E-state index >= 15 is 0 Å². The van der Waals surface area contributed by atoms with Crippen LogP contribution in [0.25, 0.3) is 11.1 Å². The summed E-state index contributed by atoms with van der Waals surface area (Å²) in [7, 11) is 0. The number of nitrogens with one attached hydrogen (secondary N) is 1. The number of rotatable bonds is 7. The van der Waals surface area contributed by atoms with Crippen molar-refractivity contribution in [2.75, 3.05) is 13.2 Å². The van der Waals surface area contributed by atoms with E-state index in [-0.39, 0.29) is 12.5 Å². The van der Waals surface area contributed by atoms with Crippen molar-refractivity contribution in [2.45, 2.75) is 51.4 Å². The Balaban J connectivity index is 1.72. The second-order valence-electron chi connectivity index (χ2n) is 9.09. The Hall–Kier alpha value is -2.90. The number of carbonyl (C=O) groups is 2. The topological polar surface area (TPSA) is 105 Å². The number of aliphatic hydroxyl groups is 2. The molecule has 7 heteroatoms. The second kappa shape index (κ2) is 9.71. The third-order valence-corrected chi connectivity index (χ3v) is 5.60. The molecule has 1 aliphatic rings. The summed E-state index contributed by atoms with van der Waals surface area (Å²) < 4.78 is 10.9. The van der Waals surface area contributed by atoms with Crippen molar-refractivity contribution in [2.24, 2.45) is 5.92 Å². The van der Waals surface area contributed by atoms with E-state index in [0.717, 1.165) is 22.3 Å². The maximum absolute atomic E-state index is 12.7. The van der Waals surface area contributed by atoms with Gasteiger partial charge in [-0.2, -0.15) is 0 Å². The molecule has 0 aliphatic heterocycles. The summed E-state index contributed by atoms with van der Waals surface area (Å²) in [5.74, 6) is -1.60. The first-order valence-corrected chi connectivity index (χ1v) is 10.8. The van der Waals surface area contributed by atoms with Crippen LogP contribution in [0.15, 0.2) is 48.5 Å². The number of alkyl carbamates (subject to hydrolysis) is 1. The largest absolute Gasteiger partial charge is 0.458 e. The van der Waals surface area contributed by atoms with Crippen LogP contribution in [0, 0.1) is 5.92 Å². The van der Waals surface area contributed by atoms with E-state index in [1.807, 2.05) is 48.5 Å². The molecule has 0 saturated carbocycles. The van der Waals surface area contributed by atoms with Crippen LogP contribution >= 0.6 is 0 Å². The fraction of sp³-hybridized carbons (Fsp3) is 0.440. The normalized spacial score (nSPS) is 15.8. The molecular formula is C25H31NO6. The fourth-order valence-corrected chi connectivity index (χ4v) is 3.93. The van der Waals surface area contributed by atoms with E-state index in [0.29, 0.717) is 0 Å². The highest BCUT2D eigenvalue weighted by atomic mass is 16.6. The number of hydrogen-bond donors (Lipinski definition) is 3. The predicted molar refractivity (Wildman–Crippen MR) is 120 cm³/mol. The summed E-state index contributed by atoms with van der Waals surface area (Å²) >= 11 is 0. The molecule has 172 valence electrons. The molecule has 2 aromatic rings. The number of esters is 1. The zero-order chi connectivity index (χ0) is 23.5. The highest BCUT2D eigenvalue weighted by Crippen LogP contribution is 2.44. The standard InChI is InChI=1S/C25H31NO6/c1-15(21(28)13-27)22(23(29)32-25(2,3)4)26-24(30)31-14-20-18-11-7-5-9-16(18)17-10-6-8-12-19(17)20/h5-12,15,20-22,27-28H,13-14H2,1-4H3,(H,26,30)/t15-,21?,22-/m0/s1. The van der Waals surface area contributed by atoms with Crippen LogP contribution in [-0.2, 0) is 14.3 Å². The van der Waals surface area contributed by atoms with E-state index in [2.05, 4.69) is 5.32 Å². The van der Waals surface area contributed by atoms with E-state index in [1.165, 1.54) is 0 Å². The summed E-state index contributed by atoms with van der Waals surface area (Å²) in [5, 5.41) is 21.8. The van der Waals surface area contributed by atoms with Gasteiger partial charge in [0.25, 0.3) is 0 Å². The first kappa shape index (κ1) is 23.8. The van der Waals surface area contributed by atoms with E-state index in [4.69, 9.17) is 9.47 Å². The lowest BCUT2D eigenvalue weighted by molar-refractivity contribution is -0.160. The SMILES string of the molecule is C[C@@H](C(O)CO)[C@H](NC(=O)OCC1c2ccccc2-c2ccccc21)C(=O)OC(C)(C)C. The lowest BCUT2D eigenvalue weighted by Gasteiger charge is -2.29. The monoisotopic (exact) mass is 441 g/mol. The average Bonchev–Trinajstić information content (AvgIpc) is 3.07. The summed E-state index contributed by atoms with van der Waals surface area (Å²) in [6, 6.07) is 14.8. The van der Waals surface area contributed by atoms with Crippen molar-refractivity contribution in [1.82, 2.24) is 5.32 Å². The molecule has 1 unspecified atom stereocenters. The van der Waals surface area contributed by atoms with Gasteiger partial charge in [-0.25, -0.2) is 9.59 Å². The summed E-state index contributed by atoms with van der Waals surface area (Å²) in [4.78, 5) is 25.3. The average molecular weight is 442 g/mol.